The molecular formula is C12H14N4O2S. The van der Waals surface area contributed by atoms with Gasteiger partial charge in [0, 0.05) is 22.8 Å². The zero-order valence-corrected chi connectivity index (χ0v) is 11.7. The molecule has 0 spiro atoms. The first-order valence-electron chi connectivity index (χ1n) is 5.77. The molecular weight excluding hydrogens is 264 g/mol. The highest BCUT2D eigenvalue weighted by molar-refractivity contribution is 7.11. The standard InChI is InChI=1S/C12H14N4O2S/c1-7-5-13-11(4-10(7)16(17)18)15-9(3)12-14-6-8(2)19-12/h4-6,9H,1-3H3,(H,13,15). The normalized spacial score (nSPS) is 12.2. The van der Waals surface area contributed by atoms with Crippen molar-refractivity contribution in [1.29, 1.82) is 0 Å². The Morgan fingerprint density at radius 1 is 1.37 bits per heavy atom. The minimum Gasteiger partial charge on any atom is -0.361 e. The van der Waals surface area contributed by atoms with Gasteiger partial charge in [0.25, 0.3) is 5.69 Å². The summed E-state index contributed by atoms with van der Waals surface area (Å²) in [4.78, 5) is 20.0. The smallest absolute Gasteiger partial charge is 0.277 e. The van der Waals surface area contributed by atoms with Crippen LogP contribution in [0.25, 0.3) is 0 Å². The van der Waals surface area contributed by atoms with Crippen LogP contribution in [-0.4, -0.2) is 14.9 Å². The Hall–Kier alpha value is -2.02. The van der Waals surface area contributed by atoms with E-state index in [1.54, 1.807) is 18.3 Å². The minimum absolute atomic E-state index is 0.0338. The Balaban J connectivity index is 2.19. The summed E-state index contributed by atoms with van der Waals surface area (Å²) in [7, 11) is 0. The Labute approximate surface area is 114 Å². The van der Waals surface area contributed by atoms with Crippen LogP contribution in [0.5, 0.6) is 0 Å². The van der Waals surface area contributed by atoms with Crippen molar-refractivity contribution in [3.63, 3.8) is 0 Å². The maximum absolute atomic E-state index is 10.9. The Morgan fingerprint density at radius 2 is 2.11 bits per heavy atom. The van der Waals surface area contributed by atoms with Gasteiger partial charge in [0.2, 0.25) is 0 Å². The summed E-state index contributed by atoms with van der Waals surface area (Å²) in [6.07, 6.45) is 3.31. The molecule has 0 saturated heterocycles. The Kier molecular flexibility index (Phi) is 3.75. The van der Waals surface area contributed by atoms with Crippen LogP contribution in [0.4, 0.5) is 11.5 Å². The van der Waals surface area contributed by atoms with Crippen molar-refractivity contribution in [3.8, 4) is 0 Å². The second-order valence-electron chi connectivity index (χ2n) is 4.29. The molecule has 1 atom stereocenters. The van der Waals surface area contributed by atoms with E-state index in [9.17, 15) is 10.1 Å². The Bertz CT molecular complexity index is 612. The molecule has 19 heavy (non-hydrogen) atoms. The predicted octanol–water partition coefficient (Wildman–Crippen LogP) is 3.24. The van der Waals surface area contributed by atoms with E-state index in [4.69, 9.17) is 0 Å². The topological polar surface area (TPSA) is 81.0 Å². The summed E-state index contributed by atoms with van der Waals surface area (Å²) in [6.45, 7) is 5.61. The largest absolute Gasteiger partial charge is 0.361 e. The van der Waals surface area contributed by atoms with Crippen molar-refractivity contribution < 1.29 is 4.92 Å². The SMILES string of the molecule is Cc1cnc(C(C)Nc2cc([N+](=O)[O-])c(C)cn2)s1. The molecule has 0 fully saturated rings. The molecule has 0 saturated carbocycles. The lowest BCUT2D eigenvalue weighted by Gasteiger charge is -2.11. The molecule has 0 aromatic carbocycles. The van der Waals surface area contributed by atoms with Crippen LogP contribution < -0.4 is 5.32 Å². The third-order valence-corrected chi connectivity index (χ3v) is 3.74. The molecule has 100 valence electrons. The fourth-order valence-electron chi connectivity index (χ4n) is 1.64. The van der Waals surface area contributed by atoms with Gasteiger partial charge in [-0.3, -0.25) is 10.1 Å². The zero-order valence-electron chi connectivity index (χ0n) is 10.9. The van der Waals surface area contributed by atoms with E-state index in [0.717, 1.165) is 9.88 Å². The molecule has 1 N–H and O–H groups in total. The summed E-state index contributed by atoms with van der Waals surface area (Å²) in [5.41, 5.74) is 0.619. The number of hydrogen-bond acceptors (Lipinski definition) is 6. The number of pyridine rings is 1. The third-order valence-electron chi connectivity index (χ3n) is 2.65. The van der Waals surface area contributed by atoms with Gasteiger partial charge in [0.15, 0.2) is 0 Å². The number of thiazole rings is 1. The van der Waals surface area contributed by atoms with Crippen molar-refractivity contribution in [2.24, 2.45) is 0 Å². The number of aryl methyl sites for hydroxylation is 2. The van der Waals surface area contributed by atoms with E-state index >= 15 is 0 Å². The van der Waals surface area contributed by atoms with Gasteiger partial charge in [-0.2, -0.15) is 0 Å². The van der Waals surface area contributed by atoms with Gasteiger partial charge in [-0.15, -0.1) is 11.3 Å². The molecule has 0 aliphatic heterocycles. The third kappa shape index (κ3) is 3.05. The van der Waals surface area contributed by atoms with Crippen LogP contribution in [-0.2, 0) is 0 Å². The number of nitro groups is 1. The van der Waals surface area contributed by atoms with Crippen LogP contribution in [0.2, 0.25) is 0 Å². The summed E-state index contributed by atoms with van der Waals surface area (Å²) < 4.78 is 0. The molecule has 2 aromatic rings. The first kappa shape index (κ1) is 13.4. The van der Waals surface area contributed by atoms with Gasteiger partial charge in [-0.05, 0) is 20.8 Å². The fraction of sp³-hybridized carbons (Fsp3) is 0.333. The monoisotopic (exact) mass is 278 g/mol. The number of aromatic nitrogens is 2. The maximum Gasteiger partial charge on any atom is 0.277 e. The summed E-state index contributed by atoms with van der Waals surface area (Å²) in [5, 5.41) is 14.9. The Morgan fingerprint density at radius 3 is 2.68 bits per heavy atom. The average molecular weight is 278 g/mol. The number of nitrogens with zero attached hydrogens (tertiary/aromatic N) is 3. The molecule has 0 bridgehead atoms. The van der Waals surface area contributed by atoms with E-state index in [0.29, 0.717) is 11.4 Å². The summed E-state index contributed by atoms with van der Waals surface area (Å²) in [6, 6.07) is 1.42. The van der Waals surface area contributed by atoms with Crippen LogP contribution >= 0.6 is 11.3 Å². The predicted molar refractivity (Wildman–Crippen MR) is 74.5 cm³/mol. The van der Waals surface area contributed by atoms with Crippen molar-refractivity contribution in [2.45, 2.75) is 26.8 Å². The van der Waals surface area contributed by atoms with Crippen molar-refractivity contribution in [2.75, 3.05) is 5.32 Å². The highest BCUT2D eigenvalue weighted by atomic mass is 32.1. The lowest BCUT2D eigenvalue weighted by atomic mass is 10.2. The summed E-state index contributed by atoms with van der Waals surface area (Å²) >= 11 is 1.59. The number of anilines is 1. The van der Waals surface area contributed by atoms with E-state index in [1.165, 1.54) is 12.3 Å². The van der Waals surface area contributed by atoms with E-state index in [2.05, 4.69) is 15.3 Å². The molecule has 0 radical (unpaired) electrons. The van der Waals surface area contributed by atoms with Gasteiger partial charge in [0.1, 0.15) is 10.8 Å². The van der Waals surface area contributed by atoms with Gasteiger partial charge in [-0.1, -0.05) is 0 Å². The van der Waals surface area contributed by atoms with E-state index in [1.807, 2.05) is 20.0 Å². The first-order valence-corrected chi connectivity index (χ1v) is 6.59. The van der Waals surface area contributed by atoms with E-state index < -0.39 is 4.92 Å². The molecule has 2 rings (SSSR count). The van der Waals surface area contributed by atoms with Crippen molar-refractivity contribution in [1.82, 2.24) is 9.97 Å². The zero-order chi connectivity index (χ0) is 14.0. The second-order valence-corrected chi connectivity index (χ2v) is 5.55. The van der Waals surface area contributed by atoms with Gasteiger partial charge in [0.05, 0.1) is 17.0 Å². The molecule has 0 aliphatic carbocycles. The fourth-order valence-corrected chi connectivity index (χ4v) is 2.42. The molecule has 0 aliphatic rings. The molecule has 0 amide bonds. The quantitative estimate of drug-likeness (QED) is 0.686. The van der Waals surface area contributed by atoms with Crippen LogP contribution in [0.1, 0.15) is 28.4 Å². The number of rotatable bonds is 4. The molecule has 2 aromatic heterocycles. The van der Waals surface area contributed by atoms with Gasteiger partial charge >= 0.3 is 0 Å². The van der Waals surface area contributed by atoms with Gasteiger partial charge < -0.3 is 5.32 Å². The molecule has 2 heterocycles. The van der Waals surface area contributed by atoms with Crippen molar-refractivity contribution >= 4 is 22.8 Å². The van der Waals surface area contributed by atoms with E-state index in [-0.39, 0.29) is 11.7 Å². The molecule has 7 heteroatoms. The number of hydrogen-bond donors (Lipinski definition) is 1. The second kappa shape index (κ2) is 5.31. The van der Waals surface area contributed by atoms with Crippen molar-refractivity contribution in [3.05, 3.63) is 44.0 Å². The molecule has 6 nitrogen and oxygen atoms in total. The maximum atomic E-state index is 10.9. The summed E-state index contributed by atoms with van der Waals surface area (Å²) in [5.74, 6) is 0.484. The highest BCUT2D eigenvalue weighted by Crippen LogP contribution is 2.25. The lowest BCUT2D eigenvalue weighted by Crippen LogP contribution is -2.08. The van der Waals surface area contributed by atoms with Crippen LogP contribution in [0.15, 0.2) is 18.5 Å². The van der Waals surface area contributed by atoms with Crippen LogP contribution in [0, 0.1) is 24.0 Å². The number of nitrogens with one attached hydrogen (secondary N) is 1. The first-order chi connectivity index (χ1) is 8.97. The van der Waals surface area contributed by atoms with Gasteiger partial charge in [-0.25, -0.2) is 9.97 Å². The lowest BCUT2D eigenvalue weighted by molar-refractivity contribution is -0.385. The van der Waals surface area contributed by atoms with Crippen LogP contribution in [0.3, 0.4) is 0 Å². The molecule has 1 unspecified atom stereocenters. The minimum atomic E-state index is -0.402. The average Bonchev–Trinajstić information content (AvgIpc) is 2.78. The highest BCUT2D eigenvalue weighted by Gasteiger charge is 2.15.